The molecule has 2 heterocycles. The number of hydrogen-bond acceptors (Lipinski definition) is 5. The maximum atomic E-state index is 13.2. The maximum Gasteiger partial charge on any atom is 0.279 e. The van der Waals surface area contributed by atoms with E-state index < -0.39 is 11.8 Å². The molecule has 0 fully saturated rings. The molecule has 0 bridgehead atoms. The molecule has 0 unspecified atom stereocenters. The summed E-state index contributed by atoms with van der Waals surface area (Å²) in [5, 5.41) is 5.38. The number of amides is 2. The van der Waals surface area contributed by atoms with Crippen LogP contribution in [-0.2, 0) is 6.54 Å². The van der Waals surface area contributed by atoms with Crippen molar-refractivity contribution in [2.75, 3.05) is 6.61 Å². The molecular formula is C23H21FN4O3S. The zero-order valence-electron chi connectivity index (χ0n) is 17.5. The number of carbonyl (C=O) groups excluding carboxylic acids is 2. The third-order valence-electron chi connectivity index (χ3n) is 4.79. The highest BCUT2D eigenvalue weighted by atomic mass is 32.1. The van der Waals surface area contributed by atoms with Gasteiger partial charge in [0.2, 0.25) is 0 Å². The number of hydrogen-bond donors (Lipinski definition) is 2. The molecule has 2 amide bonds. The summed E-state index contributed by atoms with van der Waals surface area (Å²) in [6.07, 6.45) is 0. The second kappa shape index (κ2) is 9.19. The average Bonchev–Trinajstić information content (AvgIpc) is 3.35. The van der Waals surface area contributed by atoms with Crippen LogP contribution >= 0.6 is 11.3 Å². The first-order valence-electron chi connectivity index (χ1n) is 9.99. The summed E-state index contributed by atoms with van der Waals surface area (Å²) in [5.41, 5.74) is 6.97. The molecule has 0 aliphatic carbocycles. The summed E-state index contributed by atoms with van der Waals surface area (Å²) >= 11 is 1.28. The first-order valence-corrected chi connectivity index (χ1v) is 10.8. The molecule has 0 saturated carbocycles. The summed E-state index contributed by atoms with van der Waals surface area (Å²) in [6.45, 7) is 4.75. The lowest BCUT2D eigenvalue weighted by Crippen LogP contribution is -2.41. The van der Waals surface area contributed by atoms with Crippen LogP contribution in [-0.4, -0.2) is 28.2 Å². The van der Waals surface area contributed by atoms with Crippen molar-refractivity contribution in [1.82, 2.24) is 20.6 Å². The predicted octanol–water partition coefficient (Wildman–Crippen LogP) is 4.07. The lowest BCUT2D eigenvalue weighted by atomic mass is 10.2. The van der Waals surface area contributed by atoms with Gasteiger partial charge < -0.3 is 4.74 Å². The SMILES string of the molecule is CCOc1ccc(C(=O)NNC(=O)c2cc3c(C)nn(Cc4ccc(F)cc4)c3s2)cc1. The molecule has 2 aromatic heterocycles. The minimum absolute atomic E-state index is 0.294. The summed E-state index contributed by atoms with van der Waals surface area (Å²) in [4.78, 5) is 26.2. The molecule has 2 N–H and O–H groups in total. The number of fused-ring (bicyclic) bond motifs is 1. The van der Waals surface area contributed by atoms with Crippen LogP contribution in [0, 0.1) is 12.7 Å². The van der Waals surface area contributed by atoms with Gasteiger partial charge in [0.1, 0.15) is 16.4 Å². The van der Waals surface area contributed by atoms with Gasteiger partial charge >= 0.3 is 0 Å². The Bertz CT molecular complexity index is 1260. The third kappa shape index (κ3) is 4.62. The fraction of sp³-hybridized carbons (Fsp3) is 0.174. The van der Waals surface area contributed by atoms with Gasteiger partial charge in [-0.25, -0.2) is 4.39 Å². The zero-order valence-corrected chi connectivity index (χ0v) is 18.3. The van der Waals surface area contributed by atoms with Gasteiger partial charge in [-0.05, 0) is 61.9 Å². The number of nitrogens with zero attached hydrogens (tertiary/aromatic N) is 2. The van der Waals surface area contributed by atoms with Crippen molar-refractivity contribution in [1.29, 1.82) is 0 Å². The van der Waals surface area contributed by atoms with Gasteiger partial charge in [0.15, 0.2) is 0 Å². The third-order valence-corrected chi connectivity index (χ3v) is 5.94. The van der Waals surface area contributed by atoms with E-state index in [2.05, 4.69) is 16.0 Å². The number of benzene rings is 2. The Hall–Kier alpha value is -3.72. The molecule has 0 radical (unpaired) electrons. The Kier molecular flexibility index (Phi) is 6.18. The molecule has 2 aromatic carbocycles. The van der Waals surface area contributed by atoms with Crippen molar-refractivity contribution < 1.29 is 18.7 Å². The minimum Gasteiger partial charge on any atom is -0.494 e. The van der Waals surface area contributed by atoms with E-state index in [4.69, 9.17) is 4.74 Å². The summed E-state index contributed by atoms with van der Waals surface area (Å²) < 4.78 is 20.3. The van der Waals surface area contributed by atoms with E-state index in [1.807, 2.05) is 13.8 Å². The second-order valence-corrected chi connectivity index (χ2v) is 8.10. The van der Waals surface area contributed by atoms with E-state index in [0.717, 1.165) is 21.5 Å². The molecule has 0 spiro atoms. The van der Waals surface area contributed by atoms with Gasteiger partial charge in [0.25, 0.3) is 11.8 Å². The molecule has 7 nitrogen and oxygen atoms in total. The maximum absolute atomic E-state index is 13.2. The van der Waals surface area contributed by atoms with Crippen molar-refractivity contribution in [3.63, 3.8) is 0 Å². The Morgan fingerprint density at radius 2 is 1.75 bits per heavy atom. The number of carbonyl (C=O) groups is 2. The van der Waals surface area contributed by atoms with Crippen LogP contribution in [0.25, 0.3) is 10.2 Å². The summed E-state index contributed by atoms with van der Waals surface area (Å²) in [7, 11) is 0. The van der Waals surface area contributed by atoms with Crippen LogP contribution < -0.4 is 15.6 Å². The van der Waals surface area contributed by atoms with E-state index >= 15 is 0 Å². The molecule has 164 valence electrons. The van der Waals surface area contributed by atoms with Crippen molar-refractivity contribution in [3.05, 3.63) is 82.1 Å². The predicted molar refractivity (Wildman–Crippen MR) is 120 cm³/mol. The van der Waals surface area contributed by atoms with E-state index in [1.54, 1.807) is 47.1 Å². The fourth-order valence-electron chi connectivity index (χ4n) is 3.21. The molecule has 32 heavy (non-hydrogen) atoms. The normalized spacial score (nSPS) is 10.8. The number of rotatable bonds is 6. The highest BCUT2D eigenvalue weighted by Crippen LogP contribution is 2.28. The Morgan fingerprint density at radius 1 is 1.06 bits per heavy atom. The van der Waals surface area contributed by atoms with Crippen LogP contribution in [0.3, 0.4) is 0 Å². The van der Waals surface area contributed by atoms with Crippen molar-refractivity contribution in [2.24, 2.45) is 0 Å². The number of thiophene rings is 1. The van der Waals surface area contributed by atoms with E-state index in [-0.39, 0.29) is 5.82 Å². The smallest absolute Gasteiger partial charge is 0.279 e. The molecule has 4 aromatic rings. The molecule has 4 rings (SSSR count). The van der Waals surface area contributed by atoms with Gasteiger partial charge in [-0.15, -0.1) is 11.3 Å². The number of halogens is 1. The minimum atomic E-state index is -0.429. The highest BCUT2D eigenvalue weighted by molar-refractivity contribution is 7.20. The second-order valence-electron chi connectivity index (χ2n) is 7.06. The van der Waals surface area contributed by atoms with Crippen molar-refractivity contribution in [2.45, 2.75) is 20.4 Å². The topological polar surface area (TPSA) is 85.2 Å². The van der Waals surface area contributed by atoms with Gasteiger partial charge in [-0.1, -0.05) is 12.1 Å². The molecule has 0 aliphatic heterocycles. The largest absolute Gasteiger partial charge is 0.494 e. The highest BCUT2D eigenvalue weighted by Gasteiger charge is 2.17. The van der Waals surface area contributed by atoms with E-state index in [9.17, 15) is 14.0 Å². The van der Waals surface area contributed by atoms with Gasteiger partial charge in [0, 0.05) is 10.9 Å². The van der Waals surface area contributed by atoms with Crippen LogP contribution in [0.15, 0.2) is 54.6 Å². The molecule has 0 aliphatic rings. The van der Waals surface area contributed by atoms with E-state index in [1.165, 1.54) is 23.5 Å². The number of nitrogens with one attached hydrogen (secondary N) is 2. The molecular weight excluding hydrogens is 431 g/mol. The molecule has 0 saturated heterocycles. The summed E-state index contributed by atoms with van der Waals surface area (Å²) in [6, 6.07) is 14.6. The van der Waals surface area contributed by atoms with Crippen LogP contribution in [0.5, 0.6) is 5.75 Å². The number of aryl methyl sites for hydroxylation is 1. The monoisotopic (exact) mass is 452 g/mol. The lowest BCUT2D eigenvalue weighted by molar-refractivity contribution is 0.0849. The fourth-order valence-corrected chi connectivity index (χ4v) is 4.27. The standard InChI is InChI=1S/C23H21FN4O3S/c1-3-31-18-10-6-16(7-11-18)21(29)25-26-22(30)20-12-19-14(2)27-28(23(19)32-20)13-15-4-8-17(24)9-5-15/h4-12H,3,13H2,1-2H3,(H,25,29)(H,26,30). The quantitative estimate of drug-likeness (QED) is 0.432. The van der Waals surface area contributed by atoms with Crippen molar-refractivity contribution >= 4 is 33.4 Å². The lowest BCUT2D eigenvalue weighted by Gasteiger charge is -2.07. The zero-order chi connectivity index (χ0) is 22.7. The van der Waals surface area contributed by atoms with Gasteiger partial charge in [0.05, 0.1) is 23.7 Å². The first kappa shape index (κ1) is 21.5. The van der Waals surface area contributed by atoms with Crippen LogP contribution in [0.2, 0.25) is 0 Å². The average molecular weight is 453 g/mol. The van der Waals surface area contributed by atoms with Gasteiger partial charge in [-0.3, -0.25) is 25.1 Å². The van der Waals surface area contributed by atoms with Gasteiger partial charge in [-0.2, -0.15) is 5.10 Å². The van der Waals surface area contributed by atoms with E-state index in [0.29, 0.717) is 29.3 Å². The van der Waals surface area contributed by atoms with Crippen LogP contribution in [0.4, 0.5) is 4.39 Å². The molecule has 0 atom stereocenters. The first-order chi connectivity index (χ1) is 15.4. The number of aromatic nitrogens is 2. The summed E-state index contributed by atoms with van der Waals surface area (Å²) in [5.74, 6) is -0.472. The Labute approximate surface area is 187 Å². The Balaban J connectivity index is 1.44. The van der Waals surface area contributed by atoms with Crippen molar-refractivity contribution in [3.8, 4) is 5.75 Å². The number of hydrazine groups is 1. The molecule has 9 heteroatoms. The van der Waals surface area contributed by atoms with Crippen LogP contribution in [0.1, 0.15) is 38.2 Å². The number of ether oxygens (including phenoxy) is 1. The Morgan fingerprint density at radius 3 is 2.44 bits per heavy atom.